The number of aromatic nitrogens is 2. The number of fused-ring (bicyclic) bond motifs is 1. The lowest BCUT2D eigenvalue weighted by Gasteiger charge is -2.20. The zero-order chi connectivity index (χ0) is 15.0. The van der Waals surface area contributed by atoms with Crippen molar-refractivity contribution in [1.29, 1.82) is 0 Å². The van der Waals surface area contributed by atoms with E-state index in [4.69, 9.17) is 0 Å². The third-order valence-electron chi connectivity index (χ3n) is 4.82. The third-order valence-corrected chi connectivity index (χ3v) is 5.62. The van der Waals surface area contributed by atoms with Crippen LogP contribution in [0, 0.1) is 11.8 Å². The van der Waals surface area contributed by atoms with Crippen LogP contribution in [0.4, 0.5) is 0 Å². The molecule has 0 aliphatic carbocycles. The molecule has 3 rings (SSSR count). The number of carbonyl (C=O) groups is 1. The molecule has 1 aromatic heterocycles. The lowest BCUT2D eigenvalue weighted by atomic mass is 9.92. The van der Waals surface area contributed by atoms with Crippen LogP contribution < -0.4 is 5.32 Å². The zero-order valence-corrected chi connectivity index (χ0v) is 14.2. The van der Waals surface area contributed by atoms with E-state index in [-0.39, 0.29) is 5.91 Å². The Morgan fingerprint density at radius 3 is 2.43 bits per heavy atom. The average molecular weight is 355 g/mol. The summed E-state index contributed by atoms with van der Waals surface area (Å²) in [5, 5.41) is 10.7. The Morgan fingerprint density at radius 2 is 1.90 bits per heavy atom. The van der Waals surface area contributed by atoms with Crippen LogP contribution in [0.3, 0.4) is 0 Å². The fourth-order valence-corrected chi connectivity index (χ4v) is 4.24. The van der Waals surface area contributed by atoms with Gasteiger partial charge in [0.2, 0.25) is 0 Å². The number of likely N-dealkylation sites (tertiary alicyclic amines) is 1. The maximum atomic E-state index is 12.7. The van der Waals surface area contributed by atoms with Gasteiger partial charge < -0.3 is 10.2 Å². The topological polar surface area (TPSA) is 61.0 Å². The molecule has 2 N–H and O–H groups in total. The number of hydrogen-bond donors (Lipinski definition) is 2. The molecule has 21 heavy (non-hydrogen) atoms. The van der Waals surface area contributed by atoms with Crippen LogP contribution in [0.2, 0.25) is 0 Å². The highest BCUT2D eigenvalue weighted by atomic mass is 79.9. The number of amides is 1. The SMILES string of the molecule is CC(C)c1[nH]nc(C(=O)N2CC[C@@H]3CNC[C@@H]3CC2)c1Br. The minimum Gasteiger partial charge on any atom is -0.337 e. The Balaban J connectivity index is 1.73. The van der Waals surface area contributed by atoms with Gasteiger partial charge in [0.15, 0.2) is 5.69 Å². The van der Waals surface area contributed by atoms with E-state index in [1.807, 2.05) is 4.90 Å². The van der Waals surface area contributed by atoms with Gasteiger partial charge in [-0.3, -0.25) is 9.89 Å². The van der Waals surface area contributed by atoms with Crippen LogP contribution in [-0.4, -0.2) is 47.2 Å². The van der Waals surface area contributed by atoms with Crippen molar-refractivity contribution in [2.75, 3.05) is 26.2 Å². The summed E-state index contributed by atoms with van der Waals surface area (Å²) in [4.78, 5) is 14.7. The molecule has 0 radical (unpaired) electrons. The Labute approximate surface area is 134 Å². The van der Waals surface area contributed by atoms with Gasteiger partial charge in [-0.1, -0.05) is 13.8 Å². The second-order valence-corrected chi connectivity index (χ2v) is 7.30. The normalized spacial score (nSPS) is 26.0. The molecule has 3 heterocycles. The maximum absolute atomic E-state index is 12.7. The van der Waals surface area contributed by atoms with E-state index in [9.17, 15) is 4.79 Å². The first-order valence-corrected chi connectivity index (χ1v) is 8.61. The van der Waals surface area contributed by atoms with E-state index >= 15 is 0 Å². The molecular weight excluding hydrogens is 332 g/mol. The fraction of sp³-hybridized carbons (Fsp3) is 0.733. The summed E-state index contributed by atoms with van der Waals surface area (Å²) in [5.41, 5.74) is 1.53. The van der Waals surface area contributed by atoms with E-state index < -0.39 is 0 Å². The molecule has 0 aromatic carbocycles. The largest absolute Gasteiger partial charge is 0.337 e. The quantitative estimate of drug-likeness (QED) is 0.856. The van der Waals surface area contributed by atoms with Crippen LogP contribution in [-0.2, 0) is 0 Å². The highest BCUT2D eigenvalue weighted by molar-refractivity contribution is 9.10. The van der Waals surface area contributed by atoms with Gasteiger partial charge >= 0.3 is 0 Å². The molecule has 5 nitrogen and oxygen atoms in total. The first-order chi connectivity index (χ1) is 10.1. The molecule has 2 saturated heterocycles. The van der Waals surface area contributed by atoms with Crippen LogP contribution in [0.15, 0.2) is 4.47 Å². The van der Waals surface area contributed by atoms with Crippen LogP contribution in [0.1, 0.15) is 48.8 Å². The third kappa shape index (κ3) is 2.88. The molecule has 0 bridgehead atoms. The van der Waals surface area contributed by atoms with E-state index in [1.54, 1.807) is 0 Å². The van der Waals surface area contributed by atoms with Gasteiger partial charge in [0.25, 0.3) is 5.91 Å². The summed E-state index contributed by atoms with van der Waals surface area (Å²) in [6, 6.07) is 0. The number of H-pyrrole nitrogens is 1. The Morgan fingerprint density at radius 1 is 1.29 bits per heavy atom. The van der Waals surface area contributed by atoms with E-state index in [2.05, 4.69) is 45.3 Å². The molecular formula is C15H23BrN4O. The molecule has 2 atom stereocenters. The van der Waals surface area contributed by atoms with Gasteiger partial charge in [-0.15, -0.1) is 0 Å². The molecule has 2 aliphatic heterocycles. The van der Waals surface area contributed by atoms with Gasteiger partial charge in [-0.05, 0) is 59.6 Å². The first kappa shape index (κ1) is 15.0. The van der Waals surface area contributed by atoms with Crippen molar-refractivity contribution in [2.24, 2.45) is 11.8 Å². The van der Waals surface area contributed by atoms with Crippen molar-refractivity contribution >= 4 is 21.8 Å². The van der Waals surface area contributed by atoms with E-state index in [1.165, 1.54) is 0 Å². The molecule has 0 spiro atoms. The molecule has 1 amide bonds. The average Bonchev–Trinajstić information content (AvgIpc) is 3.00. The minimum atomic E-state index is 0.0537. The monoisotopic (exact) mass is 354 g/mol. The second kappa shape index (κ2) is 6.08. The van der Waals surface area contributed by atoms with Crippen molar-refractivity contribution < 1.29 is 4.79 Å². The lowest BCUT2D eigenvalue weighted by Crippen LogP contribution is -2.33. The zero-order valence-electron chi connectivity index (χ0n) is 12.7. The number of carbonyl (C=O) groups excluding carboxylic acids is 1. The standard InChI is InChI=1S/C15H23BrN4O/c1-9(2)13-12(16)14(19-18-13)15(21)20-5-3-10-7-17-8-11(10)4-6-20/h9-11,17H,3-8H2,1-2H3,(H,18,19)/t10-,11+. The Kier molecular flexibility index (Phi) is 4.36. The summed E-state index contributed by atoms with van der Waals surface area (Å²) in [5.74, 6) is 1.84. The first-order valence-electron chi connectivity index (χ1n) is 7.81. The predicted octanol–water partition coefficient (Wildman–Crippen LogP) is 2.37. The smallest absolute Gasteiger partial charge is 0.275 e. The van der Waals surface area contributed by atoms with E-state index in [0.717, 1.165) is 61.0 Å². The van der Waals surface area contributed by atoms with Gasteiger partial charge in [0, 0.05) is 13.1 Å². The summed E-state index contributed by atoms with van der Waals surface area (Å²) in [7, 11) is 0. The molecule has 0 unspecified atom stereocenters. The lowest BCUT2D eigenvalue weighted by molar-refractivity contribution is 0.0751. The second-order valence-electron chi connectivity index (χ2n) is 6.50. The molecule has 0 saturated carbocycles. The number of hydrogen-bond acceptors (Lipinski definition) is 3. The Hall–Kier alpha value is -0.880. The molecule has 6 heteroatoms. The van der Waals surface area contributed by atoms with Gasteiger partial charge in [0.1, 0.15) is 0 Å². The van der Waals surface area contributed by atoms with Gasteiger partial charge in [-0.2, -0.15) is 5.10 Å². The molecule has 2 aliphatic rings. The van der Waals surface area contributed by atoms with Gasteiger partial charge in [0.05, 0.1) is 10.2 Å². The van der Waals surface area contributed by atoms with Crippen molar-refractivity contribution in [3.8, 4) is 0 Å². The molecule has 116 valence electrons. The van der Waals surface area contributed by atoms with Crippen molar-refractivity contribution in [3.63, 3.8) is 0 Å². The summed E-state index contributed by atoms with van der Waals surface area (Å²) in [6.07, 6.45) is 2.20. The number of aromatic amines is 1. The fourth-order valence-electron chi connectivity index (χ4n) is 3.44. The number of nitrogens with zero attached hydrogens (tertiary/aromatic N) is 2. The minimum absolute atomic E-state index is 0.0537. The van der Waals surface area contributed by atoms with Crippen LogP contribution in [0.5, 0.6) is 0 Å². The summed E-state index contributed by atoms with van der Waals surface area (Å²) in [6.45, 7) is 8.09. The van der Waals surface area contributed by atoms with Gasteiger partial charge in [-0.25, -0.2) is 0 Å². The van der Waals surface area contributed by atoms with E-state index in [0.29, 0.717) is 11.6 Å². The van der Waals surface area contributed by atoms with Crippen LogP contribution >= 0.6 is 15.9 Å². The predicted molar refractivity (Wildman–Crippen MR) is 85.4 cm³/mol. The number of halogens is 1. The van der Waals surface area contributed by atoms with Crippen molar-refractivity contribution in [2.45, 2.75) is 32.6 Å². The summed E-state index contributed by atoms with van der Waals surface area (Å²) >= 11 is 3.54. The van der Waals surface area contributed by atoms with Crippen LogP contribution in [0.25, 0.3) is 0 Å². The highest BCUT2D eigenvalue weighted by Crippen LogP contribution is 2.30. The molecule has 2 fully saturated rings. The number of rotatable bonds is 2. The maximum Gasteiger partial charge on any atom is 0.275 e. The summed E-state index contributed by atoms with van der Waals surface area (Å²) < 4.78 is 0.827. The highest BCUT2D eigenvalue weighted by Gasteiger charge is 2.33. The van der Waals surface area contributed by atoms with Crippen molar-refractivity contribution in [3.05, 3.63) is 15.9 Å². The van der Waals surface area contributed by atoms with Crippen molar-refractivity contribution in [1.82, 2.24) is 20.4 Å². The number of nitrogens with one attached hydrogen (secondary N) is 2. The Bertz CT molecular complexity index is 514. The molecule has 1 aromatic rings.